The Morgan fingerprint density at radius 1 is 1.12 bits per heavy atom. The summed E-state index contributed by atoms with van der Waals surface area (Å²) >= 11 is 2.07. The number of rotatable bonds is 6. The summed E-state index contributed by atoms with van der Waals surface area (Å²) in [6.07, 6.45) is 10.6. The van der Waals surface area contributed by atoms with Crippen molar-refractivity contribution in [1.29, 1.82) is 5.26 Å². The molecule has 3 saturated carbocycles. The maximum Gasteiger partial charge on any atom is 0.118 e. The number of nitriles is 1. The van der Waals surface area contributed by atoms with Crippen molar-refractivity contribution in [3.05, 3.63) is 0 Å². The third kappa shape index (κ3) is 2.80. The van der Waals surface area contributed by atoms with E-state index in [1.54, 1.807) is 0 Å². The number of hydrogen-bond acceptors (Lipinski definition) is 3. The fraction of sp³-hybridized carbons (Fsp3) is 0.929. The molecule has 0 aromatic carbocycles. The average Bonchev–Trinajstić information content (AvgIpc) is 3.26. The van der Waals surface area contributed by atoms with Gasteiger partial charge in [0.05, 0.1) is 6.07 Å². The van der Waals surface area contributed by atoms with E-state index in [0.29, 0.717) is 12.0 Å². The monoisotopic (exact) mass is 250 g/mol. The molecule has 94 valence electrons. The van der Waals surface area contributed by atoms with E-state index in [1.165, 1.54) is 51.4 Å². The molecule has 0 amide bonds. The SMILES string of the molecule is N#CC(CSC1CCCC1)(NC1CC1)C1CC1. The van der Waals surface area contributed by atoms with E-state index >= 15 is 0 Å². The van der Waals surface area contributed by atoms with Crippen molar-refractivity contribution in [2.45, 2.75) is 68.2 Å². The predicted octanol–water partition coefficient (Wildman–Crippen LogP) is 3.09. The Bertz CT molecular complexity index is 311. The number of nitrogens with zero attached hydrogens (tertiary/aromatic N) is 1. The smallest absolute Gasteiger partial charge is 0.118 e. The molecule has 0 radical (unpaired) electrons. The maximum absolute atomic E-state index is 9.61. The van der Waals surface area contributed by atoms with Gasteiger partial charge in [-0.2, -0.15) is 17.0 Å². The molecule has 0 bridgehead atoms. The fourth-order valence-electron chi connectivity index (χ4n) is 2.91. The van der Waals surface area contributed by atoms with Gasteiger partial charge in [0, 0.05) is 17.0 Å². The first-order valence-electron chi connectivity index (χ1n) is 7.13. The van der Waals surface area contributed by atoms with Gasteiger partial charge in [0.1, 0.15) is 5.54 Å². The minimum absolute atomic E-state index is 0.186. The summed E-state index contributed by atoms with van der Waals surface area (Å²) in [6.45, 7) is 0. The maximum atomic E-state index is 9.61. The number of nitrogens with one attached hydrogen (secondary N) is 1. The van der Waals surface area contributed by atoms with Crippen LogP contribution < -0.4 is 5.32 Å². The highest BCUT2D eigenvalue weighted by Crippen LogP contribution is 2.44. The highest BCUT2D eigenvalue weighted by molar-refractivity contribution is 8.00. The van der Waals surface area contributed by atoms with Crippen LogP contribution in [0.25, 0.3) is 0 Å². The molecule has 1 atom stereocenters. The van der Waals surface area contributed by atoms with E-state index in [0.717, 1.165) is 11.0 Å². The van der Waals surface area contributed by atoms with E-state index in [9.17, 15) is 5.26 Å². The highest BCUT2D eigenvalue weighted by Gasteiger charge is 2.48. The molecule has 3 fully saturated rings. The van der Waals surface area contributed by atoms with Crippen LogP contribution in [-0.4, -0.2) is 22.6 Å². The fourth-order valence-corrected chi connectivity index (χ4v) is 4.45. The van der Waals surface area contributed by atoms with Gasteiger partial charge in [0.2, 0.25) is 0 Å². The van der Waals surface area contributed by atoms with Crippen molar-refractivity contribution in [1.82, 2.24) is 5.32 Å². The Morgan fingerprint density at radius 2 is 1.82 bits per heavy atom. The minimum Gasteiger partial charge on any atom is -0.296 e. The summed E-state index contributed by atoms with van der Waals surface area (Å²) in [5.41, 5.74) is -0.186. The lowest BCUT2D eigenvalue weighted by atomic mass is 9.97. The minimum atomic E-state index is -0.186. The largest absolute Gasteiger partial charge is 0.296 e. The van der Waals surface area contributed by atoms with Gasteiger partial charge in [-0.25, -0.2) is 0 Å². The van der Waals surface area contributed by atoms with Gasteiger partial charge in [0.15, 0.2) is 0 Å². The van der Waals surface area contributed by atoms with E-state index in [1.807, 2.05) is 0 Å². The molecule has 1 N–H and O–H groups in total. The zero-order valence-electron chi connectivity index (χ0n) is 10.5. The van der Waals surface area contributed by atoms with Crippen molar-refractivity contribution < 1.29 is 0 Å². The molecule has 0 aliphatic heterocycles. The van der Waals surface area contributed by atoms with Crippen molar-refractivity contribution >= 4 is 11.8 Å². The third-order valence-electron chi connectivity index (χ3n) is 4.36. The zero-order chi connectivity index (χ0) is 11.7. The Kier molecular flexibility index (Phi) is 3.36. The van der Waals surface area contributed by atoms with Crippen molar-refractivity contribution in [3.8, 4) is 6.07 Å². The molecule has 0 spiro atoms. The van der Waals surface area contributed by atoms with E-state index in [-0.39, 0.29) is 5.54 Å². The summed E-state index contributed by atoms with van der Waals surface area (Å²) in [4.78, 5) is 0. The summed E-state index contributed by atoms with van der Waals surface area (Å²) in [6, 6.07) is 3.29. The predicted molar refractivity (Wildman–Crippen MR) is 71.9 cm³/mol. The summed E-state index contributed by atoms with van der Waals surface area (Å²) in [5.74, 6) is 1.66. The van der Waals surface area contributed by atoms with Crippen LogP contribution in [0.1, 0.15) is 51.4 Å². The molecule has 3 rings (SSSR count). The summed E-state index contributed by atoms with van der Waals surface area (Å²) < 4.78 is 0. The molecule has 0 aromatic heterocycles. The Balaban J connectivity index is 1.58. The second-order valence-electron chi connectivity index (χ2n) is 5.99. The van der Waals surface area contributed by atoms with Crippen LogP contribution in [-0.2, 0) is 0 Å². The van der Waals surface area contributed by atoms with Gasteiger partial charge in [-0.3, -0.25) is 5.32 Å². The van der Waals surface area contributed by atoms with Crippen molar-refractivity contribution in [2.24, 2.45) is 5.92 Å². The lowest BCUT2D eigenvalue weighted by Crippen LogP contribution is -2.50. The van der Waals surface area contributed by atoms with Gasteiger partial charge >= 0.3 is 0 Å². The lowest BCUT2D eigenvalue weighted by molar-refractivity contribution is 0.401. The molecular formula is C14H22N2S. The molecule has 0 saturated heterocycles. The standard InChI is InChI=1S/C14H22N2S/c15-9-14(11-5-6-11,16-12-7-8-12)10-17-13-3-1-2-4-13/h11-13,16H,1-8,10H2. The summed E-state index contributed by atoms with van der Waals surface area (Å²) in [7, 11) is 0. The lowest BCUT2D eigenvalue weighted by Gasteiger charge is -2.29. The Hall–Kier alpha value is -0.200. The molecule has 0 heterocycles. The van der Waals surface area contributed by atoms with Crippen LogP contribution in [0.2, 0.25) is 0 Å². The normalized spacial score (nSPS) is 28.9. The van der Waals surface area contributed by atoms with Crippen molar-refractivity contribution in [2.75, 3.05) is 5.75 Å². The second-order valence-corrected chi connectivity index (χ2v) is 7.28. The first-order chi connectivity index (χ1) is 8.32. The molecular weight excluding hydrogens is 228 g/mol. The molecule has 3 aliphatic rings. The number of hydrogen-bond donors (Lipinski definition) is 1. The zero-order valence-corrected chi connectivity index (χ0v) is 11.3. The average molecular weight is 250 g/mol. The quantitative estimate of drug-likeness (QED) is 0.787. The van der Waals surface area contributed by atoms with Crippen LogP contribution in [0.5, 0.6) is 0 Å². The molecule has 2 nitrogen and oxygen atoms in total. The first-order valence-corrected chi connectivity index (χ1v) is 8.18. The van der Waals surface area contributed by atoms with E-state index in [4.69, 9.17) is 0 Å². The first kappa shape index (κ1) is 11.9. The molecule has 1 unspecified atom stereocenters. The topological polar surface area (TPSA) is 35.8 Å². The summed E-state index contributed by atoms with van der Waals surface area (Å²) in [5, 5.41) is 14.1. The van der Waals surface area contributed by atoms with Gasteiger partial charge < -0.3 is 0 Å². The second kappa shape index (κ2) is 4.82. The molecule has 17 heavy (non-hydrogen) atoms. The van der Waals surface area contributed by atoms with Crippen LogP contribution in [0.3, 0.4) is 0 Å². The third-order valence-corrected chi connectivity index (χ3v) is 5.93. The van der Waals surface area contributed by atoms with Gasteiger partial charge in [-0.1, -0.05) is 12.8 Å². The Morgan fingerprint density at radius 3 is 2.35 bits per heavy atom. The highest BCUT2D eigenvalue weighted by atomic mass is 32.2. The van der Waals surface area contributed by atoms with Crippen LogP contribution in [0, 0.1) is 17.2 Å². The van der Waals surface area contributed by atoms with Crippen LogP contribution >= 0.6 is 11.8 Å². The molecule has 3 aliphatic carbocycles. The van der Waals surface area contributed by atoms with Gasteiger partial charge in [0.25, 0.3) is 0 Å². The van der Waals surface area contributed by atoms with Gasteiger partial charge in [-0.05, 0) is 44.4 Å². The van der Waals surface area contributed by atoms with E-state index < -0.39 is 0 Å². The Labute approximate surface area is 109 Å². The van der Waals surface area contributed by atoms with E-state index in [2.05, 4.69) is 23.1 Å². The molecule has 0 aromatic rings. The van der Waals surface area contributed by atoms with Crippen LogP contribution in [0.15, 0.2) is 0 Å². The number of thioether (sulfide) groups is 1. The van der Waals surface area contributed by atoms with Crippen molar-refractivity contribution in [3.63, 3.8) is 0 Å². The van der Waals surface area contributed by atoms with Gasteiger partial charge in [-0.15, -0.1) is 0 Å². The van der Waals surface area contributed by atoms with Crippen LogP contribution in [0.4, 0.5) is 0 Å². The molecule has 3 heteroatoms.